The third-order valence-electron chi connectivity index (χ3n) is 2.34. The van der Waals surface area contributed by atoms with Gasteiger partial charge >= 0.3 is 0 Å². The number of nitrogens with zero attached hydrogens (tertiary/aromatic N) is 1. The maximum atomic E-state index is 13.5. The average Bonchev–Trinajstić information content (AvgIpc) is 2.33. The SMILES string of the molecule is O=c1[nH]cc([N+](=O)[O-])cc1-c1cccc(F)c1F. The fourth-order valence-electron chi connectivity index (χ4n) is 1.49. The first-order valence-electron chi connectivity index (χ1n) is 4.82. The molecule has 5 nitrogen and oxygen atoms in total. The molecule has 0 fully saturated rings. The van der Waals surface area contributed by atoms with Crippen LogP contribution in [-0.2, 0) is 0 Å². The topological polar surface area (TPSA) is 76.0 Å². The average molecular weight is 252 g/mol. The summed E-state index contributed by atoms with van der Waals surface area (Å²) in [4.78, 5) is 23.4. The van der Waals surface area contributed by atoms with Gasteiger partial charge in [0.15, 0.2) is 11.6 Å². The minimum absolute atomic E-state index is 0.291. The lowest BCUT2D eigenvalue weighted by Crippen LogP contribution is -2.10. The van der Waals surface area contributed by atoms with Crippen molar-refractivity contribution >= 4 is 5.69 Å². The molecule has 7 heteroatoms. The van der Waals surface area contributed by atoms with Crippen LogP contribution in [0, 0.1) is 21.7 Å². The molecule has 1 N–H and O–H groups in total. The van der Waals surface area contributed by atoms with E-state index in [-0.39, 0.29) is 11.1 Å². The lowest BCUT2D eigenvalue weighted by atomic mass is 10.1. The Hall–Kier alpha value is -2.57. The zero-order valence-corrected chi connectivity index (χ0v) is 8.81. The summed E-state index contributed by atoms with van der Waals surface area (Å²) in [7, 11) is 0. The van der Waals surface area contributed by atoms with Gasteiger partial charge in [-0.25, -0.2) is 8.78 Å². The van der Waals surface area contributed by atoms with E-state index in [1.54, 1.807) is 0 Å². The van der Waals surface area contributed by atoms with Crippen LogP contribution in [0.15, 0.2) is 35.3 Å². The van der Waals surface area contributed by atoms with E-state index >= 15 is 0 Å². The fourth-order valence-corrected chi connectivity index (χ4v) is 1.49. The Morgan fingerprint density at radius 1 is 1.22 bits per heavy atom. The molecular formula is C11H6F2N2O3. The lowest BCUT2D eigenvalue weighted by Gasteiger charge is -2.02. The van der Waals surface area contributed by atoms with Crippen molar-refractivity contribution in [2.24, 2.45) is 0 Å². The van der Waals surface area contributed by atoms with Gasteiger partial charge in [0, 0.05) is 11.6 Å². The van der Waals surface area contributed by atoms with Gasteiger partial charge in [-0.1, -0.05) is 12.1 Å². The Kier molecular flexibility index (Phi) is 2.88. The van der Waals surface area contributed by atoms with Gasteiger partial charge in [0.1, 0.15) is 0 Å². The van der Waals surface area contributed by atoms with Gasteiger partial charge in [-0.05, 0) is 6.07 Å². The van der Waals surface area contributed by atoms with Crippen LogP contribution in [0.1, 0.15) is 0 Å². The fraction of sp³-hybridized carbons (Fsp3) is 0. The van der Waals surface area contributed by atoms with E-state index in [2.05, 4.69) is 4.98 Å². The highest BCUT2D eigenvalue weighted by Crippen LogP contribution is 2.23. The number of hydrogen-bond acceptors (Lipinski definition) is 3. The van der Waals surface area contributed by atoms with Gasteiger partial charge < -0.3 is 4.98 Å². The lowest BCUT2D eigenvalue weighted by molar-refractivity contribution is -0.385. The van der Waals surface area contributed by atoms with Gasteiger partial charge in [0.05, 0.1) is 16.7 Å². The van der Waals surface area contributed by atoms with Crippen molar-refractivity contribution in [2.45, 2.75) is 0 Å². The van der Waals surface area contributed by atoms with E-state index in [1.807, 2.05) is 0 Å². The summed E-state index contributed by atoms with van der Waals surface area (Å²) in [6.45, 7) is 0. The van der Waals surface area contributed by atoms with E-state index in [0.717, 1.165) is 18.3 Å². The van der Waals surface area contributed by atoms with Crippen LogP contribution in [0.5, 0.6) is 0 Å². The zero-order chi connectivity index (χ0) is 13.3. The summed E-state index contributed by atoms with van der Waals surface area (Å²) in [5, 5.41) is 10.6. The Morgan fingerprint density at radius 2 is 1.94 bits per heavy atom. The van der Waals surface area contributed by atoms with Gasteiger partial charge in [-0.2, -0.15) is 0 Å². The molecule has 0 saturated heterocycles. The Balaban J connectivity index is 2.70. The van der Waals surface area contributed by atoms with Crippen LogP contribution in [0.25, 0.3) is 11.1 Å². The highest BCUT2D eigenvalue weighted by molar-refractivity contribution is 5.65. The highest BCUT2D eigenvalue weighted by atomic mass is 19.2. The van der Waals surface area contributed by atoms with Crippen LogP contribution < -0.4 is 5.56 Å². The van der Waals surface area contributed by atoms with Crippen molar-refractivity contribution in [3.8, 4) is 11.1 Å². The number of benzene rings is 1. The number of H-pyrrole nitrogens is 1. The number of halogens is 2. The molecule has 92 valence electrons. The molecule has 0 bridgehead atoms. The second kappa shape index (κ2) is 4.36. The molecule has 1 aromatic heterocycles. The number of pyridine rings is 1. The van der Waals surface area contributed by atoms with E-state index in [9.17, 15) is 23.7 Å². The molecule has 1 heterocycles. The molecule has 1 aromatic carbocycles. The first kappa shape index (κ1) is 11.9. The van der Waals surface area contributed by atoms with Crippen molar-refractivity contribution in [2.75, 3.05) is 0 Å². The monoisotopic (exact) mass is 252 g/mol. The summed E-state index contributed by atoms with van der Waals surface area (Å²) in [5.41, 5.74) is -1.75. The van der Waals surface area contributed by atoms with Gasteiger partial charge in [-0.15, -0.1) is 0 Å². The molecule has 0 aliphatic carbocycles. The second-order valence-electron chi connectivity index (χ2n) is 3.46. The minimum Gasteiger partial charge on any atom is -0.322 e. The number of nitro groups is 1. The molecule has 2 aromatic rings. The van der Waals surface area contributed by atoms with E-state index < -0.39 is 27.8 Å². The van der Waals surface area contributed by atoms with Crippen molar-refractivity contribution in [1.82, 2.24) is 4.98 Å². The number of aromatic nitrogens is 1. The molecular weight excluding hydrogens is 246 g/mol. The van der Waals surface area contributed by atoms with Crippen LogP contribution in [0.4, 0.5) is 14.5 Å². The Morgan fingerprint density at radius 3 is 2.61 bits per heavy atom. The van der Waals surface area contributed by atoms with E-state index in [1.165, 1.54) is 12.1 Å². The third kappa shape index (κ3) is 1.97. The summed E-state index contributed by atoms with van der Waals surface area (Å²) in [5.74, 6) is -2.35. The summed E-state index contributed by atoms with van der Waals surface area (Å²) in [6.07, 6.45) is 0.892. The molecule has 0 aliphatic heterocycles. The summed E-state index contributed by atoms with van der Waals surface area (Å²) >= 11 is 0. The first-order valence-corrected chi connectivity index (χ1v) is 4.82. The predicted octanol–water partition coefficient (Wildman–Crippen LogP) is 2.23. The van der Waals surface area contributed by atoms with Crippen molar-refractivity contribution < 1.29 is 13.7 Å². The van der Waals surface area contributed by atoms with Gasteiger partial charge in [0.2, 0.25) is 0 Å². The normalized spacial score (nSPS) is 10.3. The molecule has 0 radical (unpaired) electrons. The summed E-state index contributed by atoms with van der Waals surface area (Å²) < 4.78 is 26.5. The largest absolute Gasteiger partial charge is 0.322 e. The third-order valence-corrected chi connectivity index (χ3v) is 2.34. The standard InChI is InChI=1S/C11H6F2N2O3/c12-9-3-1-2-7(10(9)13)8-4-6(15(17)18)5-14-11(8)16/h1-5H,(H,14,16). The first-order chi connectivity index (χ1) is 8.50. The van der Waals surface area contributed by atoms with E-state index in [0.29, 0.717) is 0 Å². The molecule has 0 spiro atoms. The Bertz CT molecular complexity index is 682. The molecule has 0 unspecified atom stereocenters. The number of rotatable bonds is 2. The summed E-state index contributed by atoms with van der Waals surface area (Å²) in [6, 6.07) is 4.18. The molecule has 2 rings (SSSR count). The van der Waals surface area contributed by atoms with Crippen LogP contribution in [-0.4, -0.2) is 9.91 Å². The van der Waals surface area contributed by atoms with Crippen LogP contribution in [0.2, 0.25) is 0 Å². The highest BCUT2D eigenvalue weighted by Gasteiger charge is 2.16. The minimum atomic E-state index is -1.22. The van der Waals surface area contributed by atoms with Crippen molar-refractivity contribution in [3.05, 3.63) is 62.6 Å². The molecule has 0 atom stereocenters. The predicted molar refractivity (Wildman–Crippen MR) is 59.1 cm³/mol. The van der Waals surface area contributed by atoms with Gasteiger partial charge in [-0.3, -0.25) is 14.9 Å². The molecule has 0 saturated carbocycles. The number of aromatic amines is 1. The quantitative estimate of drug-likeness (QED) is 0.657. The van der Waals surface area contributed by atoms with Crippen LogP contribution >= 0.6 is 0 Å². The Labute approximate surface area is 98.9 Å². The zero-order valence-electron chi connectivity index (χ0n) is 8.81. The van der Waals surface area contributed by atoms with Crippen molar-refractivity contribution in [1.29, 1.82) is 0 Å². The second-order valence-corrected chi connectivity index (χ2v) is 3.46. The molecule has 0 aliphatic rings. The van der Waals surface area contributed by atoms with Crippen LogP contribution in [0.3, 0.4) is 0 Å². The maximum Gasteiger partial charge on any atom is 0.286 e. The number of nitrogens with one attached hydrogen (secondary N) is 1. The molecule has 0 amide bonds. The van der Waals surface area contributed by atoms with Gasteiger partial charge in [0.25, 0.3) is 11.2 Å². The smallest absolute Gasteiger partial charge is 0.286 e. The molecule has 18 heavy (non-hydrogen) atoms. The number of hydrogen-bond donors (Lipinski definition) is 1. The van der Waals surface area contributed by atoms with Crippen molar-refractivity contribution in [3.63, 3.8) is 0 Å². The van der Waals surface area contributed by atoms with E-state index in [4.69, 9.17) is 0 Å². The maximum absolute atomic E-state index is 13.5.